The third-order valence-electron chi connectivity index (χ3n) is 2.69. The molecular weight excluding hydrogens is 274 g/mol. The molecule has 0 amide bonds. The molecular formula is C15H22BrN. The molecule has 1 N–H and O–H groups in total. The monoisotopic (exact) mass is 295 g/mol. The zero-order chi connectivity index (χ0) is 12.8. The fraction of sp³-hybridized carbons (Fsp3) is 0.467. The largest absolute Gasteiger partial charge is 0.307 e. The van der Waals surface area contributed by atoms with E-state index in [0.29, 0.717) is 6.04 Å². The van der Waals surface area contributed by atoms with E-state index >= 15 is 0 Å². The average molecular weight is 296 g/mol. The summed E-state index contributed by atoms with van der Waals surface area (Å²) in [5.74, 6) is 0. The van der Waals surface area contributed by atoms with Crippen molar-refractivity contribution in [3.8, 4) is 0 Å². The number of hydrogen-bond donors (Lipinski definition) is 1. The summed E-state index contributed by atoms with van der Waals surface area (Å²) in [6.07, 6.45) is 3.45. The van der Waals surface area contributed by atoms with Crippen molar-refractivity contribution in [2.24, 2.45) is 0 Å². The first kappa shape index (κ1) is 14.5. The minimum atomic E-state index is 0.317. The Kier molecular flexibility index (Phi) is 5.93. The van der Waals surface area contributed by atoms with E-state index in [1.54, 1.807) is 0 Å². The predicted octanol–water partition coefficient (Wildman–Crippen LogP) is 4.76. The summed E-state index contributed by atoms with van der Waals surface area (Å²) in [7, 11) is 0. The van der Waals surface area contributed by atoms with E-state index in [4.69, 9.17) is 0 Å². The van der Waals surface area contributed by atoms with Crippen LogP contribution in [0.1, 0.15) is 44.4 Å². The molecule has 94 valence electrons. The van der Waals surface area contributed by atoms with Crippen molar-refractivity contribution in [1.82, 2.24) is 5.32 Å². The molecule has 1 aromatic rings. The molecule has 1 rings (SSSR count). The van der Waals surface area contributed by atoms with E-state index in [1.165, 1.54) is 16.7 Å². The number of hydrogen-bond acceptors (Lipinski definition) is 1. The highest BCUT2D eigenvalue weighted by atomic mass is 79.9. The minimum Gasteiger partial charge on any atom is -0.307 e. The van der Waals surface area contributed by atoms with Gasteiger partial charge in [0, 0.05) is 4.47 Å². The summed E-state index contributed by atoms with van der Waals surface area (Å²) in [6.45, 7) is 9.70. The summed E-state index contributed by atoms with van der Waals surface area (Å²) in [6, 6.07) is 6.79. The number of rotatable bonds is 5. The van der Waals surface area contributed by atoms with Gasteiger partial charge in [-0.1, -0.05) is 40.6 Å². The summed E-state index contributed by atoms with van der Waals surface area (Å²) in [5.41, 5.74) is 4.03. The van der Waals surface area contributed by atoms with Gasteiger partial charge in [-0.2, -0.15) is 0 Å². The molecule has 2 heteroatoms. The molecule has 0 aliphatic carbocycles. The standard InChI is InChI=1S/C15H22BrN/c1-5-8-17-15(9-11(2)3)14-10-13(16)7-6-12(14)4/h6-7,9-10,15,17H,5,8H2,1-4H3. The van der Waals surface area contributed by atoms with Crippen molar-refractivity contribution in [1.29, 1.82) is 0 Å². The van der Waals surface area contributed by atoms with Crippen LogP contribution >= 0.6 is 15.9 Å². The molecule has 0 saturated carbocycles. The fourth-order valence-electron chi connectivity index (χ4n) is 1.84. The average Bonchev–Trinajstić information content (AvgIpc) is 2.27. The first-order chi connectivity index (χ1) is 8.04. The Morgan fingerprint density at radius 1 is 1.41 bits per heavy atom. The van der Waals surface area contributed by atoms with E-state index in [2.05, 4.69) is 73.2 Å². The van der Waals surface area contributed by atoms with Crippen LogP contribution in [0.2, 0.25) is 0 Å². The second kappa shape index (κ2) is 6.97. The zero-order valence-electron chi connectivity index (χ0n) is 11.2. The van der Waals surface area contributed by atoms with Crippen LogP contribution in [0.3, 0.4) is 0 Å². The molecule has 1 nitrogen and oxygen atoms in total. The molecule has 0 aliphatic rings. The Labute approximate surface area is 113 Å². The summed E-state index contributed by atoms with van der Waals surface area (Å²) in [4.78, 5) is 0. The Balaban J connectivity index is 3.03. The van der Waals surface area contributed by atoms with Crippen molar-refractivity contribution in [3.63, 3.8) is 0 Å². The summed E-state index contributed by atoms with van der Waals surface area (Å²) < 4.78 is 1.14. The van der Waals surface area contributed by atoms with Gasteiger partial charge in [0.2, 0.25) is 0 Å². The van der Waals surface area contributed by atoms with Gasteiger partial charge in [-0.3, -0.25) is 0 Å². The van der Waals surface area contributed by atoms with Gasteiger partial charge in [0.05, 0.1) is 6.04 Å². The number of allylic oxidation sites excluding steroid dienone is 1. The maximum Gasteiger partial charge on any atom is 0.0511 e. The van der Waals surface area contributed by atoms with E-state index < -0.39 is 0 Å². The maximum atomic E-state index is 3.59. The molecule has 1 unspecified atom stereocenters. The second-order valence-corrected chi connectivity index (χ2v) is 5.59. The molecule has 0 aromatic heterocycles. The third kappa shape index (κ3) is 4.64. The van der Waals surface area contributed by atoms with E-state index in [-0.39, 0.29) is 0 Å². The van der Waals surface area contributed by atoms with Crippen LogP contribution in [0, 0.1) is 6.92 Å². The summed E-state index contributed by atoms with van der Waals surface area (Å²) in [5, 5.41) is 3.59. The number of benzene rings is 1. The topological polar surface area (TPSA) is 12.0 Å². The fourth-order valence-corrected chi connectivity index (χ4v) is 2.22. The van der Waals surface area contributed by atoms with E-state index in [9.17, 15) is 0 Å². The van der Waals surface area contributed by atoms with Crippen LogP contribution < -0.4 is 5.32 Å². The Morgan fingerprint density at radius 3 is 2.71 bits per heavy atom. The van der Waals surface area contributed by atoms with Crippen molar-refractivity contribution >= 4 is 15.9 Å². The lowest BCUT2D eigenvalue weighted by molar-refractivity contribution is 0.607. The van der Waals surface area contributed by atoms with E-state index in [0.717, 1.165) is 17.4 Å². The molecule has 0 aliphatic heterocycles. The Morgan fingerprint density at radius 2 is 2.12 bits per heavy atom. The van der Waals surface area contributed by atoms with Crippen LogP contribution in [-0.4, -0.2) is 6.54 Å². The number of nitrogens with one attached hydrogen (secondary N) is 1. The van der Waals surface area contributed by atoms with Gasteiger partial charge in [0.25, 0.3) is 0 Å². The lowest BCUT2D eigenvalue weighted by atomic mass is 9.99. The molecule has 1 atom stereocenters. The van der Waals surface area contributed by atoms with E-state index in [1.807, 2.05) is 0 Å². The number of halogens is 1. The van der Waals surface area contributed by atoms with Crippen LogP contribution in [0.4, 0.5) is 0 Å². The molecule has 0 spiro atoms. The first-order valence-corrected chi connectivity index (χ1v) is 6.98. The highest BCUT2D eigenvalue weighted by Gasteiger charge is 2.10. The smallest absolute Gasteiger partial charge is 0.0511 e. The highest BCUT2D eigenvalue weighted by Crippen LogP contribution is 2.24. The lowest BCUT2D eigenvalue weighted by Crippen LogP contribution is -2.21. The van der Waals surface area contributed by atoms with Crippen LogP contribution in [-0.2, 0) is 0 Å². The van der Waals surface area contributed by atoms with Gasteiger partial charge < -0.3 is 5.32 Å². The van der Waals surface area contributed by atoms with Gasteiger partial charge in [0.1, 0.15) is 0 Å². The Hall–Kier alpha value is -0.600. The normalized spacial score (nSPS) is 12.3. The quantitative estimate of drug-likeness (QED) is 0.772. The van der Waals surface area contributed by atoms with Gasteiger partial charge in [0.15, 0.2) is 0 Å². The van der Waals surface area contributed by atoms with Gasteiger partial charge in [-0.05, 0) is 57.0 Å². The van der Waals surface area contributed by atoms with Gasteiger partial charge in [-0.25, -0.2) is 0 Å². The minimum absolute atomic E-state index is 0.317. The summed E-state index contributed by atoms with van der Waals surface area (Å²) >= 11 is 3.55. The van der Waals surface area contributed by atoms with Crippen LogP contribution in [0.5, 0.6) is 0 Å². The molecule has 0 saturated heterocycles. The van der Waals surface area contributed by atoms with Crippen molar-refractivity contribution in [3.05, 3.63) is 45.4 Å². The van der Waals surface area contributed by atoms with Crippen LogP contribution in [0.25, 0.3) is 0 Å². The second-order valence-electron chi connectivity index (χ2n) is 4.68. The lowest BCUT2D eigenvalue weighted by Gasteiger charge is -2.18. The molecule has 0 heterocycles. The third-order valence-corrected chi connectivity index (χ3v) is 3.18. The van der Waals surface area contributed by atoms with Crippen molar-refractivity contribution in [2.75, 3.05) is 6.54 Å². The van der Waals surface area contributed by atoms with Gasteiger partial charge in [-0.15, -0.1) is 0 Å². The van der Waals surface area contributed by atoms with Crippen LogP contribution in [0.15, 0.2) is 34.3 Å². The molecule has 0 bridgehead atoms. The molecule has 17 heavy (non-hydrogen) atoms. The highest BCUT2D eigenvalue weighted by molar-refractivity contribution is 9.10. The maximum absolute atomic E-state index is 3.59. The molecule has 1 aromatic carbocycles. The first-order valence-electron chi connectivity index (χ1n) is 6.19. The SMILES string of the molecule is CCCNC(C=C(C)C)c1cc(Br)ccc1C. The number of aryl methyl sites for hydroxylation is 1. The van der Waals surface area contributed by atoms with Gasteiger partial charge >= 0.3 is 0 Å². The zero-order valence-corrected chi connectivity index (χ0v) is 12.8. The predicted molar refractivity (Wildman–Crippen MR) is 79.3 cm³/mol. The Bertz CT molecular complexity index is 392. The molecule has 0 radical (unpaired) electrons. The van der Waals surface area contributed by atoms with Crippen molar-refractivity contribution in [2.45, 2.75) is 40.2 Å². The molecule has 0 fully saturated rings. The van der Waals surface area contributed by atoms with Crippen molar-refractivity contribution < 1.29 is 0 Å².